The molecule has 1 aromatic carbocycles. The van der Waals surface area contributed by atoms with Crippen LogP contribution in [0.1, 0.15) is 18.1 Å². The van der Waals surface area contributed by atoms with Gasteiger partial charge in [-0.2, -0.15) is 0 Å². The van der Waals surface area contributed by atoms with Crippen LogP contribution in [0.3, 0.4) is 0 Å². The van der Waals surface area contributed by atoms with Crippen LogP contribution in [0.25, 0.3) is 0 Å². The topological polar surface area (TPSA) is 76.0 Å². The van der Waals surface area contributed by atoms with E-state index in [0.717, 1.165) is 6.42 Å². The molecule has 0 spiro atoms. The number of aliphatic carboxylic acids is 1. The molecule has 1 aliphatic heterocycles. The lowest BCUT2D eigenvalue weighted by atomic mass is 10.1. The number of aliphatic hydroxyl groups is 1. The average molecular weight is 303 g/mol. The Balaban J connectivity index is 2.42. The maximum absolute atomic E-state index is 10.7. The van der Waals surface area contributed by atoms with Crippen molar-refractivity contribution in [3.8, 4) is 11.5 Å². The maximum atomic E-state index is 10.7. The van der Waals surface area contributed by atoms with Crippen molar-refractivity contribution in [3.63, 3.8) is 0 Å². The third-order valence-electron chi connectivity index (χ3n) is 2.37. The van der Waals surface area contributed by atoms with E-state index >= 15 is 0 Å². The van der Waals surface area contributed by atoms with Crippen LogP contribution >= 0.6 is 15.9 Å². The van der Waals surface area contributed by atoms with Crippen molar-refractivity contribution in [3.05, 3.63) is 22.2 Å². The van der Waals surface area contributed by atoms with Crippen molar-refractivity contribution in [2.24, 2.45) is 0 Å². The van der Waals surface area contributed by atoms with E-state index in [9.17, 15) is 9.90 Å². The molecule has 0 saturated heterocycles. The van der Waals surface area contributed by atoms with Gasteiger partial charge in [-0.3, -0.25) is 0 Å². The first-order valence-corrected chi connectivity index (χ1v) is 5.89. The molecule has 2 N–H and O–H groups in total. The minimum absolute atomic E-state index is 0.258. The molecule has 0 radical (unpaired) electrons. The van der Waals surface area contributed by atoms with Gasteiger partial charge in [-0.15, -0.1) is 0 Å². The minimum Gasteiger partial charge on any atom is -0.490 e. The highest BCUT2D eigenvalue weighted by Gasteiger charge is 2.21. The summed E-state index contributed by atoms with van der Waals surface area (Å²) in [5, 5.41) is 18.2. The Bertz CT molecular complexity index is 446. The Morgan fingerprint density at radius 2 is 2.06 bits per heavy atom. The number of hydrogen-bond donors (Lipinski definition) is 2. The average Bonchev–Trinajstić information content (AvgIpc) is 2.53. The lowest BCUT2D eigenvalue weighted by molar-refractivity contribution is -0.146. The second-order valence-corrected chi connectivity index (χ2v) is 4.48. The molecular weight excluding hydrogens is 292 g/mol. The van der Waals surface area contributed by atoms with Crippen molar-refractivity contribution in [2.75, 3.05) is 13.2 Å². The highest BCUT2D eigenvalue weighted by molar-refractivity contribution is 9.10. The largest absolute Gasteiger partial charge is 0.490 e. The molecule has 0 aliphatic carbocycles. The van der Waals surface area contributed by atoms with Crippen LogP contribution in [0.2, 0.25) is 0 Å². The molecule has 0 saturated carbocycles. The first kappa shape index (κ1) is 12.2. The third-order valence-corrected chi connectivity index (χ3v) is 2.96. The molecule has 1 aromatic rings. The summed E-state index contributed by atoms with van der Waals surface area (Å²) in [6.07, 6.45) is -0.804. The van der Waals surface area contributed by atoms with Crippen LogP contribution < -0.4 is 9.47 Å². The van der Waals surface area contributed by atoms with Gasteiger partial charge in [-0.05, 0) is 33.6 Å². The summed E-state index contributed by atoms with van der Waals surface area (Å²) < 4.78 is 11.5. The zero-order chi connectivity index (χ0) is 12.4. The minimum atomic E-state index is -1.57. The Kier molecular flexibility index (Phi) is 3.54. The van der Waals surface area contributed by atoms with Gasteiger partial charge in [-0.1, -0.05) is 0 Å². The van der Waals surface area contributed by atoms with Crippen LogP contribution in [0.5, 0.6) is 11.5 Å². The number of ether oxygens (including phenoxy) is 2. The number of halogens is 1. The fourth-order valence-electron chi connectivity index (χ4n) is 1.55. The second kappa shape index (κ2) is 4.93. The molecule has 0 fully saturated rings. The highest BCUT2D eigenvalue weighted by Crippen LogP contribution is 2.39. The Morgan fingerprint density at radius 1 is 1.35 bits per heavy atom. The highest BCUT2D eigenvalue weighted by atomic mass is 79.9. The van der Waals surface area contributed by atoms with Crippen molar-refractivity contribution >= 4 is 21.9 Å². The third kappa shape index (κ3) is 2.53. The van der Waals surface area contributed by atoms with E-state index in [4.69, 9.17) is 14.6 Å². The molecule has 1 atom stereocenters. The van der Waals surface area contributed by atoms with Crippen molar-refractivity contribution in [1.29, 1.82) is 0 Å². The van der Waals surface area contributed by atoms with Gasteiger partial charge in [-0.25, -0.2) is 4.79 Å². The van der Waals surface area contributed by atoms with Crippen LogP contribution in [0.4, 0.5) is 0 Å². The number of aliphatic hydroxyl groups excluding tert-OH is 1. The summed E-state index contributed by atoms with van der Waals surface area (Å²) in [5.74, 6) is -0.303. The molecule has 2 rings (SSSR count). The summed E-state index contributed by atoms with van der Waals surface area (Å²) in [5.41, 5.74) is 0.258. The SMILES string of the molecule is O=C(O)C(O)c1cc(Br)c2c(c1)OCCCO2. The first-order valence-electron chi connectivity index (χ1n) is 5.09. The van der Waals surface area contributed by atoms with E-state index in [2.05, 4.69) is 15.9 Å². The standard InChI is InChI=1S/C11H11BrO5/c12-7-4-6(9(13)11(14)15)5-8-10(7)17-3-1-2-16-8/h4-5,9,13H,1-3H2,(H,14,15). The normalized spacial score (nSPS) is 16.1. The van der Waals surface area contributed by atoms with E-state index in [0.29, 0.717) is 29.2 Å². The molecule has 5 nitrogen and oxygen atoms in total. The van der Waals surface area contributed by atoms with E-state index < -0.39 is 12.1 Å². The molecule has 0 bridgehead atoms. The number of benzene rings is 1. The van der Waals surface area contributed by atoms with Crippen LogP contribution in [-0.2, 0) is 4.79 Å². The van der Waals surface area contributed by atoms with Crippen LogP contribution in [-0.4, -0.2) is 29.4 Å². The zero-order valence-corrected chi connectivity index (χ0v) is 10.4. The summed E-state index contributed by atoms with van der Waals surface area (Å²) in [6, 6.07) is 3.01. The quantitative estimate of drug-likeness (QED) is 0.870. The molecule has 6 heteroatoms. The van der Waals surface area contributed by atoms with E-state index in [1.165, 1.54) is 12.1 Å². The fourth-order valence-corrected chi connectivity index (χ4v) is 2.13. The molecule has 92 valence electrons. The van der Waals surface area contributed by atoms with Crippen LogP contribution in [0.15, 0.2) is 16.6 Å². The molecule has 17 heavy (non-hydrogen) atoms. The van der Waals surface area contributed by atoms with Crippen LogP contribution in [0, 0.1) is 0 Å². The second-order valence-electron chi connectivity index (χ2n) is 3.62. The first-order chi connectivity index (χ1) is 8.09. The van der Waals surface area contributed by atoms with Gasteiger partial charge in [0.2, 0.25) is 0 Å². The predicted molar refractivity (Wildman–Crippen MR) is 62.3 cm³/mol. The summed E-state index contributed by atoms with van der Waals surface area (Å²) >= 11 is 3.28. The molecular formula is C11H11BrO5. The van der Waals surface area contributed by atoms with Gasteiger partial charge in [0.05, 0.1) is 17.7 Å². The Morgan fingerprint density at radius 3 is 2.76 bits per heavy atom. The van der Waals surface area contributed by atoms with Gasteiger partial charge >= 0.3 is 5.97 Å². The molecule has 1 unspecified atom stereocenters. The monoisotopic (exact) mass is 302 g/mol. The Labute approximate surface area is 106 Å². The van der Waals surface area contributed by atoms with Crippen molar-refractivity contribution in [2.45, 2.75) is 12.5 Å². The smallest absolute Gasteiger partial charge is 0.337 e. The van der Waals surface area contributed by atoms with E-state index in [-0.39, 0.29) is 5.56 Å². The lowest BCUT2D eigenvalue weighted by Gasteiger charge is -2.13. The summed E-state index contributed by atoms with van der Waals surface area (Å²) in [4.78, 5) is 10.7. The number of rotatable bonds is 2. The number of fused-ring (bicyclic) bond motifs is 1. The van der Waals surface area contributed by atoms with Gasteiger partial charge < -0.3 is 19.7 Å². The molecule has 0 aromatic heterocycles. The van der Waals surface area contributed by atoms with Crippen molar-refractivity contribution in [1.82, 2.24) is 0 Å². The summed E-state index contributed by atoms with van der Waals surface area (Å²) in [7, 11) is 0. The lowest BCUT2D eigenvalue weighted by Crippen LogP contribution is -2.10. The summed E-state index contributed by atoms with van der Waals surface area (Å²) in [6.45, 7) is 1.05. The van der Waals surface area contributed by atoms with E-state index in [1.54, 1.807) is 0 Å². The maximum Gasteiger partial charge on any atom is 0.337 e. The van der Waals surface area contributed by atoms with Gasteiger partial charge in [0, 0.05) is 6.42 Å². The predicted octanol–water partition coefficient (Wildman–Crippen LogP) is 1.73. The Hall–Kier alpha value is -1.27. The number of carboxylic acid groups (broad SMARTS) is 1. The molecule has 0 amide bonds. The van der Waals surface area contributed by atoms with E-state index in [1.807, 2.05) is 0 Å². The van der Waals surface area contributed by atoms with Crippen molar-refractivity contribution < 1.29 is 24.5 Å². The zero-order valence-electron chi connectivity index (χ0n) is 8.85. The number of carbonyl (C=O) groups is 1. The fraction of sp³-hybridized carbons (Fsp3) is 0.364. The number of hydrogen-bond acceptors (Lipinski definition) is 4. The van der Waals surface area contributed by atoms with Gasteiger partial charge in [0.15, 0.2) is 17.6 Å². The number of carboxylic acids is 1. The van der Waals surface area contributed by atoms with Gasteiger partial charge in [0.25, 0.3) is 0 Å². The molecule has 1 aliphatic rings. The molecule has 1 heterocycles. The van der Waals surface area contributed by atoms with Gasteiger partial charge in [0.1, 0.15) is 0 Å².